The fourth-order valence-corrected chi connectivity index (χ4v) is 6.47. The third-order valence-corrected chi connectivity index (χ3v) is 9.50. The Hall–Kier alpha value is -4.34. The molecule has 2 unspecified atom stereocenters. The van der Waals surface area contributed by atoms with E-state index < -0.39 is 28.5 Å². The minimum atomic E-state index is -4.29. The van der Waals surface area contributed by atoms with Gasteiger partial charge in [0.25, 0.3) is 10.0 Å². The molecule has 8 nitrogen and oxygen atoms in total. The van der Waals surface area contributed by atoms with E-state index in [1.807, 2.05) is 74.5 Å². The number of carbonyl (C=O) groups is 2. The van der Waals surface area contributed by atoms with Gasteiger partial charge in [0.15, 0.2) is 0 Å². The van der Waals surface area contributed by atoms with Crippen molar-refractivity contribution in [1.82, 2.24) is 10.2 Å². The number of ether oxygens (including phenoxy) is 1. The summed E-state index contributed by atoms with van der Waals surface area (Å²) in [5.41, 5.74) is 1.75. The molecule has 0 spiro atoms. The number of anilines is 1. The van der Waals surface area contributed by atoms with E-state index in [0.717, 1.165) is 15.4 Å². The molecule has 0 bridgehead atoms. The van der Waals surface area contributed by atoms with E-state index >= 15 is 0 Å². The van der Waals surface area contributed by atoms with E-state index in [2.05, 4.69) is 5.32 Å². The maximum atomic E-state index is 14.6. The number of methoxy groups -OCH3 is 1. The van der Waals surface area contributed by atoms with Gasteiger partial charge in [0, 0.05) is 24.0 Å². The summed E-state index contributed by atoms with van der Waals surface area (Å²) >= 11 is 6.34. The van der Waals surface area contributed by atoms with Gasteiger partial charge >= 0.3 is 0 Å². The van der Waals surface area contributed by atoms with Gasteiger partial charge in [-0.25, -0.2) is 8.42 Å². The second-order valence-electron chi connectivity index (χ2n) is 10.7. The first-order valence-electron chi connectivity index (χ1n) is 14.7. The molecule has 0 saturated heterocycles. The Labute approximate surface area is 270 Å². The van der Waals surface area contributed by atoms with Crippen LogP contribution in [0.4, 0.5) is 5.69 Å². The van der Waals surface area contributed by atoms with Crippen LogP contribution in [0.3, 0.4) is 0 Å². The lowest BCUT2D eigenvalue weighted by Crippen LogP contribution is -2.54. The number of carbonyl (C=O) groups excluding carboxylic acids is 2. The Morgan fingerprint density at radius 3 is 2.02 bits per heavy atom. The number of hydrogen-bond acceptors (Lipinski definition) is 5. The van der Waals surface area contributed by atoms with E-state index in [4.69, 9.17) is 16.3 Å². The maximum absolute atomic E-state index is 14.6. The van der Waals surface area contributed by atoms with Gasteiger partial charge in [-0.2, -0.15) is 0 Å². The normalized spacial score (nSPS) is 12.5. The zero-order chi connectivity index (χ0) is 32.4. The average molecular weight is 648 g/mol. The van der Waals surface area contributed by atoms with Gasteiger partial charge in [-0.3, -0.25) is 13.9 Å². The summed E-state index contributed by atoms with van der Waals surface area (Å²) in [7, 11) is -2.87. The van der Waals surface area contributed by atoms with Crippen molar-refractivity contribution < 1.29 is 22.7 Å². The van der Waals surface area contributed by atoms with Gasteiger partial charge in [0.1, 0.15) is 18.3 Å². The van der Waals surface area contributed by atoms with Crippen molar-refractivity contribution in [3.63, 3.8) is 0 Å². The SMILES string of the molecule is CCC(C)NC(=O)C(Cc1ccccc1)N(Cc1ccccc1)C(=O)CN(c1cc(Cl)ccc1OC)S(=O)(=O)c1ccccc1. The van der Waals surface area contributed by atoms with Crippen molar-refractivity contribution in [1.29, 1.82) is 0 Å². The zero-order valence-electron chi connectivity index (χ0n) is 25.6. The molecule has 1 N–H and O–H groups in total. The van der Waals surface area contributed by atoms with Gasteiger partial charge in [-0.1, -0.05) is 97.4 Å². The Bertz CT molecular complexity index is 1670. The first kappa shape index (κ1) is 33.6. The molecule has 10 heteroatoms. The van der Waals surface area contributed by atoms with Crippen LogP contribution in [0.25, 0.3) is 0 Å². The second kappa shape index (κ2) is 15.6. The summed E-state index contributed by atoms with van der Waals surface area (Å²) in [5, 5.41) is 3.30. The predicted octanol–water partition coefficient (Wildman–Crippen LogP) is 6.10. The Balaban J connectivity index is 1.83. The Morgan fingerprint density at radius 1 is 0.867 bits per heavy atom. The van der Waals surface area contributed by atoms with Gasteiger partial charge < -0.3 is 15.0 Å². The lowest BCUT2D eigenvalue weighted by molar-refractivity contribution is -0.140. The van der Waals surface area contributed by atoms with Crippen LogP contribution in [-0.2, 0) is 32.6 Å². The highest BCUT2D eigenvalue weighted by atomic mass is 35.5. The summed E-state index contributed by atoms with van der Waals surface area (Å²) in [4.78, 5) is 29.9. The molecule has 0 aliphatic heterocycles. The Kier molecular flexibility index (Phi) is 11.6. The molecule has 0 heterocycles. The van der Waals surface area contributed by atoms with Crippen molar-refractivity contribution in [3.8, 4) is 5.75 Å². The van der Waals surface area contributed by atoms with E-state index in [0.29, 0.717) is 6.42 Å². The molecule has 236 valence electrons. The van der Waals surface area contributed by atoms with Crippen LogP contribution in [0.15, 0.2) is 114 Å². The summed E-state index contributed by atoms with van der Waals surface area (Å²) < 4.78 is 34.9. The maximum Gasteiger partial charge on any atom is 0.264 e. The molecule has 0 saturated carbocycles. The van der Waals surface area contributed by atoms with Crippen LogP contribution in [0, 0.1) is 0 Å². The fraction of sp³-hybridized carbons (Fsp3) is 0.257. The molecular formula is C35H38ClN3O5S. The number of rotatable bonds is 14. The molecule has 0 radical (unpaired) electrons. The fourth-order valence-electron chi connectivity index (χ4n) is 4.87. The predicted molar refractivity (Wildman–Crippen MR) is 178 cm³/mol. The van der Waals surface area contributed by atoms with E-state index in [9.17, 15) is 18.0 Å². The Morgan fingerprint density at radius 2 is 1.44 bits per heavy atom. The number of sulfonamides is 1. The molecule has 4 aromatic rings. The second-order valence-corrected chi connectivity index (χ2v) is 13.0. The number of benzene rings is 4. The number of nitrogens with zero attached hydrogens (tertiary/aromatic N) is 2. The lowest BCUT2D eigenvalue weighted by atomic mass is 10.0. The molecule has 2 amide bonds. The largest absolute Gasteiger partial charge is 0.495 e. The first-order valence-corrected chi connectivity index (χ1v) is 16.5. The number of hydrogen-bond donors (Lipinski definition) is 1. The smallest absolute Gasteiger partial charge is 0.264 e. The zero-order valence-corrected chi connectivity index (χ0v) is 27.2. The van der Waals surface area contributed by atoms with Gasteiger partial charge in [0.05, 0.1) is 17.7 Å². The highest BCUT2D eigenvalue weighted by molar-refractivity contribution is 7.92. The van der Waals surface area contributed by atoms with Crippen LogP contribution in [0.2, 0.25) is 5.02 Å². The minimum absolute atomic E-state index is 0.00946. The van der Waals surface area contributed by atoms with Crippen LogP contribution >= 0.6 is 11.6 Å². The summed E-state index contributed by atoms with van der Waals surface area (Å²) in [6.45, 7) is 3.34. The minimum Gasteiger partial charge on any atom is -0.495 e. The number of halogens is 1. The van der Waals surface area contributed by atoms with Crippen molar-refractivity contribution in [2.45, 2.75) is 50.2 Å². The molecular weight excluding hydrogens is 610 g/mol. The van der Waals surface area contributed by atoms with Crippen molar-refractivity contribution >= 4 is 39.1 Å². The topological polar surface area (TPSA) is 96.0 Å². The van der Waals surface area contributed by atoms with E-state index in [1.54, 1.807) is 30.3 Å². The van der Waals surface area contributed by atoms with Gasteiger partial charge in [-0.15, -0.1) is 0 Å². The lowest BCUT2D eigenvalue weighted by Gasteiger charge is -2.34. The van der Waals surface area contributed by atoms with Gasteiger partial charge in [0.2, 0.25) is 11.8 Å². The summed E-state index contributed by atoms with van der Waals surface area (Å²) in [6, 6.07) is 30.1. The first-order chi connectivity index (χ1) is 21.6. The van der Waals surface area contributed by atoms with Crippen LogP contribution < -0.4 is 14.4 Å². The molecule has 4 aromatic carbocycles. The third-order valence-electron chi connectivity index (χ3n) is 7.49. The molecule has 0 fully saturated rings. The molecule has 2 atom stereocenters. The van der Waals surface area contributed by atoms with E-state index in [-0.39, 0.29) is 46.3 Å². The quantitative estimate of drug-likeness (QED) is 0.179. The van der Waals surface area contributed by atoms with Gasteiger partial charge in [-0.05, 0) is 54.8 Å². The molecule has 4 rings (SSSR count). The molecule has 0 aliphatic rings. The van der Waals surface area contributed by atoms with Crippen molar-refractivity contribution in [2.75, 3.05) is 18.0 Å². The standard InChI is InChI=1S/C35H38ClN3O5S/c1-4-26(2)37-35(41)32(22-27-14-8-5-9-15-27)38(24-28-16-10-6-11-17-28)34(40)25-39(31-23-29(36)20-21-33(31)44-3)45(42,43)30-18-12-7-13-19-30/h5-21,23,26,32H,4,22,24-25H2,1-3H3,(H,37,41). The monoisotopic (exact) mass is 647 g/mol. The average Bonchev–Trinajstić information content (AvgIpc) is 3.06. The highest BCUT2D eigenvalue weighted by Gasteiger charge is 2.36. The van der Waals surface area contributed by atoms with Crippen LogP contribution in [0.5, 0.6) is 5.75 Å². The highest BCUT2D eigenvalue weighted by Crippen LogP contribution is 2.35. The summed E-state index contributed by atoms with van der Waals surface area (Å²) in [5.74, 6) is -0.674. The van der Waals surface area contributed by atoms with Crippen LogP contribution in [-0.4, -0.2) is 50.9 Å². The molecule has 45 heavy (non-hydrogen) atoms. The summed E-state index contributed by atoms with van der Waals surface area (Å²) in [6.07, 6.45) is 0.932. The molecule has 0 aliphatic carbocycles. The molecule has 0 aromatic heterocycles. The third kappa shape index (κ3) is 8.65. The van der Waals surface area contributed by atoms with Crippen LogP contribution in [0.1, 0.15) is 31.4 Å². The van der Waals surface area contributed by atoms with Crippen molar-refractivity contribution in [2.24, 2.45) is 0 Å². The number of amides is 2. The van der Waals surface area contributed by atoms with Crippen molar-refractivity contribution in [3.05, 3.63) is 125 Å². The number of nitrogens with one attached hydrogen (secondary N) is 1. The van der Waals surface area contributed by atoms with E-state index in [1.165, 1.54) is 30.2 Å².